The molecule has 0 aliphatic carbocycles. The van der Waals surface area contributed by atoms with Crippen LogP contribution in [0.3, 0.4) is 0 Å². The van der Waals surface area contributed by atoms with E-state index in [1.165, 1.54) is 12.1 Å². The molecule has 2 heterocycles. The lowest BCUT2D eigenvalue weighted by Gasteiger charge is -2.47. The Morgan fingerprint density at radius 2 is 1.82 bits per heavy atom. The van der Waals surface area contributed by atoms with Crippen molar-refractivity contribution in [2.24, 2.45) is 0 Å². The van der Waals surface area contributed by atoms with Gasteiger partial charge in [0.1, 0.15) is 24.3 Å². The van der Waals surface area contributed by atoms with Crippen LogP contribution in [0.4, 0.5) is 0 Å². The van der Waals surface area contributed by atoms with E-state index in [1.807, 2.05) is 18.2 Å². The van der Waals surface area contributed by atoms with Gasteiger partial charge in [-0.15, -0.1) is 0 Å². The van der Waals surface area contributed by atoms with Crippen LogP contribution in [-0.2, 0) is 16.1 Å². The number of nitrogens with zero attached hydrogens (tertiary/aromatic N) is 1. The van der Waals surface area contributed by atoms with Crippen LogP contribution in [0.5, 0.6) is 5.75 Å². The number of quaternary nitrogens is 1. The van der Waals surface area contributed by atoms with E-state index in [-0.39, 0.29) is 47.5 Å². The van der Waals surface area contributed by atoms with Gasteiger partial charge in [0.25, 0.3) is 0 Å². The molecule has 2 fully saturated rings. The molecule has 0 amide bonds. The maximum atomic E-state index is 12.9. The zero-order valence-corrected chi connectivity index (χ0v) is 20.8. The lowest BCUT2D eigenvalue weighted by atomic mass is 9.95. The van der Waals surface area contributed by atoms with Gasteiger partial charge < -0.3 is 36.0 Å². The van der Waals surface area contributed by atoms with Gasteiger partial charge in [0.15, 0.2) is 0 Å². The average molecular weight is 542 g/mol. The fourth-order valence-corrected chi connectivity index (χ4v) is 5.46. The number of carbonyl (C=O) groups is 1. The van der Waals surface area contributed by atoms with Gasteiger partial charge in [-0.05, 0) is 36.2 Å². The monoisotopic (exact) mass is 540 g/mol. The number of halogens is 1. The number of hydrogen-bond acceptors (Lipinski definition) is 4. The number of rotatable bonds is 10. The van der Waals surface area contributed by atoms with Crippen LogP contribution < -0.4 is 21.7 Å². The molecule has 2 aromatic rings. The first-order valence-electron chi connectivity index (χ1n) is 15.9. The summed E-state index contributed by atoms with van der Waals surface area (Å²) in [6.45, 7) is -6.33. The van der Waals surface area contributed by atoms with Gasteiger partial charge in [-0.1, -0.05) is 43.6 Å². The maximum Gasteiger partial charge on any atom is 0.316 e. The van der Waals surface area contributed by atoms with Crippen molar-refractivity contribution in [3.05, 3.63) is 65.7 Å². The standard InChI is InChI=1S/C28H38NO4.BrH/c1-3-4-16-32-25-14-10-21(11-15-25)19-29(2)23-12-13-24(29)18-26(17-23)33-28(31)27(20-30)22-8-6-5-7-9-22;/h5-11,14-15,23-24,26-27,30H,3-4,12-13,16-20H2,1-2H3;1H/q+1;/p-1/t23-,24+,26?,27-,29?;/m1./s1/i1D3,3D2,4D2,16D2;. The molecular formula is C28H38BrNO4. The van der Waals surface area contributed by atoms with Crippen LogP contribution in [0, 0.1) is 0 Å². The molecule has 0 spiro atoms. The Morgan fingerprint density at radius 1 is 1.15 bits per heavy atom. The van der Waals surface area contributed by atoms with Gasteiger partial charge in [-0.2, -0.15) is 0 Å². The van der Waals surface area contributed by atoms with Crippen molar-refractivity contribution in [1.82, 2.24) is 0 Å². The third-order valence-electron chi connectivity index (χ3n) is 7.25. The van der Waals surface area contributed by atoms with Crippen LogP contribution in [0.25, 0.3) is 0 Å². The number of piperidine rings is 1. The van der Waals surface area contributed by atoms with Gasteiger partial charge in [0.2, 0.25) is 0 Å². The first-order valence-corrected chi connectivity index (χ1v) is 11.4. The number of aliphatic hydroxyl groups excluding tert-OH is 1. The first-order chi connectivity index (χ1) is 19.4. The van der Waals surface area contributed by atoms with Gasteiger partial charge >= 0.3 is 5.97 Å². The molecule has 6 heteroatoms. The highest BCUT2D eigenvalue weighted by atomic mass is 79.9. The third kappa shape index (κ3) is 6.02. The summed E-state index contributed by atoms with van der Waals surface area (Å²) in [5, 5.41) is 9.84. The van der Waals surface area contributed by atoms with Crippen LogP contribution >= 0.6 is 0 Å². The summed E-state index contributed by atoms with van der Waals surface area (Å²) in [6.07, 6.45) is -3.83. The van der Waals surface area contributed by atoms with Crippen molar-refractivity contribution in [2.45, 2.75) is 75.9 Å². The minimum absolute atomic E-state index is 0. The summed E-state index contributed by atoms with van der Waals surface area (Å²) in [6, 6.07) is 16.0. The van der Waals surface area contributed by atoms with E-state index in [4.69, 9.17) is 21.8 Å². The fraction of sp³-hybridized carbons (Fsp3) is 0.536. The lowest BCUT2D eigenvalue weighted by Crippen LogP contribution is -3.00. The molecule has 2 aromatic carbocycles. The highest BCUT2D eigenvalue weighted by molar-refractivity contribution is 5.78. The first kappa shape index (κ1) is 16.7. The Kier molecular flexibility index (Phi) is 5.99. The molecule has 5 nitrogen and oxygen atoms in total. The number of esters is 1. The van der Waals surface area contributed by atoms with Crippen molar-refractivity contribution < 1.29 is 53.2 Å². The normalized spacial score (nSPS) is 31.9. The zero-order valence-electron chi connectivity index (χ0n) is 28.2. The van der Waals surface area contributed by atoms with Crippen LogP contribution in [-0.4, -0.2) is 54.0 Å². The highest BCUT2D eigenvalue weighted by Crippen LogP contribution is 2.43. The summed E-state index contributed by atoms with van der Waals surface area (Å²) in [5.41, 5.74) is 1.65. The maximum absolute atomic E-state index is 12.9. The van der Waals surface area contributed by atoms with E-state index in [0.717, 1.165) is 28.5 Å². The number of ether oxygens (including phenoxy) is 2. The second-order valence-corrected chi connectivity index (χ2v) is 9.16. The predicted octanol–water partition coefficient (Wildman–Crippen LogP) is 1.83. The molecule has 1 N–H and O–H groups in total. The Bertz CT molecular complexity index is 1230. The molecule has 2 bridgehead atoms. The van der Waals surface area contributed by atoms with E-state index in [1.54, 1.807) is 24.3 Å². The Balaban J connectivity index is 0.00000506. The van der Waals surface area contributed by atoms with Crippen molar-refractivity contribution in [3.8, 4) is 5.75 Å². The third-order valence-corrected chi connectivity index (χ3v) is 7.25. The molecule has 5 atom stereocenters. The summed E-state index contributed by atoms with van der Waals surface area (Å²) in [4.78, 5) is 12.9. The minimum atomic E-state index is -3.50. The second kappa shape index (κ2) is 12.2. The quantitative estimate of drug-likeness (QED) is 0.369. The van der Waals surface area contributed by atoms with E-state index in [2.05, 4.69) is 7.05 Å². The zero-order chi connectivity index (χ0) is 31.1. The van der Waals surface area contributed by atoms with E-state index >= 15 is 0 Å². The summed E-state index contributed by atoms with van der Waals surface area (Å²) >= 11 is 0. The molecule has 34 heavy (non-hydrogen) atoms. The van der Waals surface area contributed by atoms with Crippen molar-refractivity contribution in [2.75, 3.05) is 20.2 Å². The van der Waals surface area contributed by atoms with Crippen LogP contribution in [0.15, 0.2) is 54.6 Å². The molecule has 2 saturated heterocycles. The summed E-state index contributed by atoms with van der Waals surface area (Å²) in [5.74, 6) is -1.20. The lowest BCUT2D eigenvalue weighted by molar-refractivity contribution is -0.961. The molecule has 2 unspecified atom stereocenters. The SMILES string of the molecule is [2H]C([2H])([2H])C([2H])([2H])C([2H])([2H])C([2H])([2H])Oc1ccc(C[N+]2(C)[C@@H]3CC[C@H]2CC(OC(=O)[C@H](CO)c2ccccc2)C3)cc1.[Br-]. The smallest absolute Gasteiger partial charge is 0.316 e. The molecular weight excluding hydrogens is 494 g/mol. The fourth-order valence-electron chi connectivity index (χ4n) is 5.46. The van der Waals surface area contributed by atoms with E-state index in [0.29, 0.717) is 19.4 Å². The number of fused-ring (bicyclic) bond motifs is 2. The van der Waals surface area contributed by atoms with Gasteiger partial charge in [0.05, 0.1) is 35.0 Å². The van der Waals surface area contributed by atoms with Crippen molar-refractivity contribution in [1.29, 1.82) is 0 Å². The molecule has 0 saturated carbocycles. The van der Waals surface area contributed by atoms with Crippen molar-refractivity contribution >= 4 is 5.97 Å². The molecule has 4 rings (SSSR count). The topological polar surface area (TPSA) is 55.8 Å². The van der Waals surface area contributed by atoms with Crippen LogP contribution in [0.2, 0.25) is 0 Å². The Hall–Kier alpha value is -1.89. The molecule has 186 valence electrons. The number of benzene rings is 2. The Morgan fingerprint density at radius 3 is 2.44 bits per heavy atom. The van der Waals surface area contributed by atoms with Gasteiger partial charge in [0, 0.05) is 40.8 Å². The number of hydrogen-bond donors (Lipinski definition) is 1. The molecule has 2 aliphatic rings. The van der Waals surface area contributed by atoms with Crippen LogP contribution in [0.1, 0.15) is 74.7 Å². The van der Waals surface area contributed by atoms with Crippen molar-refractivity contribution in [3.63, 3.8) is 0 Å². The average Bonchev–Trinajstić information content (AvgIpc) is 3.05. The van der Waals surface area contributed by atoms with E-state index < -0.39 is 38.0 Å². The molecule has 0 aromatic heterocycles. The molecule has 0 radical (unpaired) electrons. The van der Waals surface area contributed by atoms with Gasteiger partial charge in [-0.25, -0.2) is 0 Å². The Labute approximate surface area is 227 Å². The number of aliphatic hydroxyl groups is 1. The largest absolute Gasteiger partial charge is 1.00 e. The van der Waals surface area contributed by atoms with E-state index in [9.17, 15) is 9.90 Å². The summed E-state index contributed by atoms with van der Waals surface area (Å²) < 4.78 is 81.2. The predicted molar refractivity (Wildman–Crippen MR) is 129 cm³/mol. The second-order valence-electron chi connectivity index (χ2n) is 9.16. The molecule has 2 aliphatic heterocycles. The summed E-state index contributed by atoms with van der Waals surface area (Å²) in [7, 11) is 2.18. The highest BCUT2D eigenvalue weighted by Gasteiger charge is 2.52. The minimum Gasteiger partial charge on any atom is -1.00 e. The van der Waals surface area contributed by atoms with Gasteiger partial charge in [-0.3, -0.25) is 4.79 Å². The number of carbonyl (C=O) groups excluding carboxylic acids is 1.